The molecule has 0 bridgehead atoms. The number of ether oxygens (including phenoxy) is 2. The molecule has 0 saturated heterocycles. The summed E-state index contributed by atoms with van der Waals surface area (Å²) in [6.07, 6.45) is 39.9. The summed E-state index contributed by atoms with van der Waals surface area (Å²) in [6, 6.07) is 0. The van der Waals surface area contributed by atoms with Crippen molar-refractivity contribution in [3.8, 4) is 0 Å². The molecule has 0 fully saturated rings. The predicted octanol–water partition coefficient (Wildman–Crippen LogP) is 11.8. The molecule has 0 rings (SSSR count). The van der Waals surface area contributed by atoms with Gasteiger partial charge in [-0.25, -0.2) is 4.57 Å². The van der Waals surface area contributed by atoms with Crippen molar-refractivity contribution in [2.24, 2.45) is 0 Å². The zero-order valence-electron chi connectivity index (χ0n) is 35.2. The number of carbonyl (C=O) groups is 2. The van der Waals surface area contributed by atoms with Crippen LogP contribution in [0.15, 0.2) is 24.3 Å². The summed E-state index contributed by atoms with van der Waals surface area (Å²) in [5.41, 5.74) is 0. The second-order valence-corrected chi connectivity index (χ2v) is 16.5. The molecule has 0 amide bonds. The first-order valence-electron chi connectivity index (χ1n) is 22.3. The monoisotopic (exact) mass is 803 g/mol. The molecule has 0 saturated carbocycles. The number of carbonyl (C=O) groups excluding carboxylic acids is 2. The molecule has 10 nitrogen and oxygen atoms in total. The highest BCUT2D eigenvalue weighted by Crippen LogP contribution is 2.43. The Balaban J connectivity index is 4.25. The number of rotatable bonds is 42. The van der Waals surface area contributed by atoms with Crippen LogP contribution in [0, 0.1) is 0 Å². The van der Waals surface area contributed by atoms with Crippen LogP contribution in [0.3, 0.4) is 0 Å². The van der Waals surface area contributed by atoms with Gasteiger partial charge in [0, 0.05) is 12.8 Å². The van der Waals surface area contributed by atoms with Crippen LogP contribution >= 0.6 is 7.82 Å². The number of unbranched alkanes of at least 4 members (excludes halogenated alkanes) is 24. The van der Waals surface area contributed by atoms with Crippen LogP contribution in [-0.2, 0) is 32.7 Å². The molecule has 0 aromatic heterocycles. The van der Waals surface area contributed by atoms with E-state index in [1.54, 1.807) is 0 Å². The highest BCUT2D eigenvalue weighted by atomic mass is 31.2. The van der Waals surface area contributed by atoms with Gasteiger partial charge < -0.3 is 24.6 Å². The Kier molecular flexibility index (Phi) is 39.5. The fraction of sp³-hybridized carbons (Fsp3) is 0.864. The third kappa shape index (κ3) is 40.4. The van der Waals surface area contributed by atoms with Crippen LogP contribution in [0.25, 0.3) is 0 Å². The quantitative estimate of drug-likeness (QED) is 0.0236. The largest absolute Gasteiger partial charge is 0.472 e. The lowest BCUT2D eigenvalue weighted by Gasteiger charge is -2.20. The first-order chi connectivity index (χ1) is 26.7. The van der Waals surface area contributed by atoms with Gasteiger partial charge >= 0.3 is 19.8 Å². The number of hydrogen-bond acceptors (Lipinski definition) is 9. The highest BCUT2D eigenvalue weighted by molar-refractivity contribution is 7.47. The van der Waals surface area contributed by atoms with Crippen molar-refractivity contribution >= 4 is 19.8 Å². The molecule has 11 heteroatoms. The predicted molar refractivity (Wildman–Crippen MR) is 224 cm³/mol. The van der Waals surface area contributed by atoms with E-state index >= 15 is 0 Å². The number of esters is 2. The van der Waals surface area contributed by atoms with E-state index in [2.05, 4.69) is 38.2 Å². The molecule has 0 aliphatic heterocycles. The van der Waals surface area contributed by atoms with Gasteiger partial charge in [0.2, 0.25) is 0 Å². The van der Waals surface area contributed by atoms with Crippen LogP contribution in [0.2, 0.25) is 0 Å². The Morgan fingerprint density at radius 1 is 0.545 bits per heavy atom. The molecule has 0 radical (unpaired) electrons. The molecule has 0 heterocycles. The zero-order chi connectivity index (χ0) is 40.5. The lowest BCUT2D eigenvalue weighted by molar-refractivity contribution is -0.161. The third-order valence-electron chi connectivity index (χ3n) is 9.61. The first kappa shape index (κ1) is 53.5. The second kappa shape index (κ2) is 40.6. The number of aliphatic hydroxyl groups excluding tert-OH is 2. The average molecular weight is 803 g/mol. The number of allylic oxidation sites excluding steroid dienone is 4. The van der Waals surface area contributed by atoms with Gasteiger partial charge in [-0.05, 0) is 44.9 Å². The maximum Gasteiger partial charge on any atom is 0.472 e. The summed E-state index contributed by atoms with van der Waals surface area (Å²) in [7, 11) is -4.61. The zero-order valence-corrected chi connectivity index (χ0v) is 36.0. The molecule has 0 spiro atoms. The minimum absolute atomic E-state index is 0.182. The normalized spacial score (nSPS) is 14.1. The van der Waals surface area contributed by atoms with E-state index in [-0.39, 0.29) is 19.4 Å². The Morgan fingerprint density at radius 3 is 1.44 bits per heavy atom. The van der Waals surface area contributed by atoms with Gasteiger partial charge in [-0.1, -0.05) is 173 Å². The fourth-order valence-electron chi connectivity index (χ4n) is 6.14. The Bertz CT molecular complexity index is 972. The number of hydrogen-bond donors (Lipinski definition) is 3. The van der Waals surface area contributed by atoms with E-state index in [0.717, 1.165) is 51.4 Å². The Hall–Kier alpha value is -1.55. The second-order valence-electron chi connectivity index (χ2n) is 15.1. The highest BCUT2D eigenvalue weighted by Gasteiger charge is 2.27. The van der Waals surface area contributed by atoms with Crippen molar-refractivity contribution in [3.05, 3.63) is 24.3 Å². The molecule has 0 aliphatic carbocycles. The molecule has 55 heavy (non-hydrogen) atoms. The summed E-state index contributed by atoms with van der Waals surface area (Å²) in [6.45, 7) is 2.37. The minimum atomic E-state index is -4.61. The van der Waals surface area contributed by atoms with Crippen molar-refractivity contribution < 1.29 is 47.8 Å². The van der Waals surface area contributed by atoms with Crippen LogP contribution in [0.4, 0.5) is 0 Å². The maximum absolute atomic E-state index is 12.6. The van der Waals surface area contributed by atoms with Crippen molar-refractivity contribution in [1.29, 1.82) is 0 Å². The number of phosphoric acid groups is 1. The Morgan fingerprint density at radius 2 is 0.945 bits per heavy atom. The summed E-state index contributed by atoms with van der Waals surface area (Å²) in [4.78, 5) is 35.0. The summed E-state index contributed by atoms with van der Waals surface area (Å²) in [5, 5.41) is 18.3. The molecule has 0 aromatic carbocycles. The van der Waals surface area contributed by atoms with Gasteiger partial charge in [0.05, 0.1) is 19.8 Å². The minimum Gasteiger partial charge on any atom is -0.462 e. The standard InChI is InChI=1S/C44H83O10P/c1-3-5-7-9-11-13-15-17-18-19-20-21-22-24-26-28-30-32-34-36-44(48)54-42(40-53-55(49,50)52-38-41(46)37-45)39-51-43(47)35-33-31-29-27-25-23-16-14-12-10-8-6-4-2/h11,13,17-18,41-42,45-46H,3-10,12,14-16,19-40H2,1-2H3,(H,49,50)/b13-11-,18-17-. The van der Waals surface area contributed by atoms with E-state index in [9.17, 15) is 24.2 Å². The van der Waals surface area contributed by atoms with Gasteiger partial charge in [-0.2, -0.15) is 0 Å². The van der Waals surface area contributed by atoms with Gasteiger partial charge in [0.15, 0.2) is 6.10 Å². The smallest absolute Gasteiger partial charge is 0.462 e. The van der Waals surface area contributed by atoms with Crippen LogP contribution in [0.5, 0.6) is 0 Å². The van der Waals surface area contributed by atoms with E-state index in [0.29, 0.717) is 12.8 Å². The van der Waals surface area contributed by atoms with E-state index in [1.807, 2.05) is 0 Å². The summed E-state index contributed by atoms with van der Waals surface area (Å²) in [5.74, 6) is -0.922. The van der Waals surface area contributed by atoms with E-state index in [4.69, 9.17) is 23.6 Å². The van der Waals surface area contributed by atoms with Gasteiger partial charge in [-0.3, -0.25) is 18.6 Å². The van der Waals surface area contributed by atoms with E-state index in [1.165, 1.54) is 116 Å². The van der Waals surface area contributed by atoms with Crippen molar-refractivity contribution in [1.82, 2.24) is 0 Å². The SMILES string of the molecule is CCCCC/C=C\C/C=C\CCCCCCCCCCCC(=O)OC(COC(=O)CCCCCCCCCCCCCCC)COP(=O)(O)OCC(O)CO. The molecule has 3 atom stereocenters. The van der Waals surface area contributed by atoms with Crippen molar-refractivity contribution in [3.63, 3.8) is 0 Å². The summed E-state index contributed by atoms with van der Waals surface area (Å²) >= 11 is 0. The van der Waals surface area contributed by atoms with Gasteiger partial charge in [-0.15, -0.1) is 0 Å². The van der Waals surface area contributed by atoms with Gasteiger partial charge in [0.1, 0.15) is 12.7 Å². The third-order valence-corrected chi connectivity index (χ3v) is 10.6. The summed E-state index contributed by atoms with van der Waals surface area (Å²) < 4.78 is 32.7. The first-order valence-corrected chi connectivity index (χ1v) is 23.8. The fourth-order valence-corrected chi connectivity index (χ4v) is 6.93. The maximum atomic E-state index is 12.6. The number of phosphoric ester groups is 1. The molecule has 0 aliphatic rings. The average Bonchev–Trinajstić information content (AvgIpc) is 3.17. The molecule has 3 unspecified atom stereocenters. The van der Waals surface area contributed by atoms with E-state index < -0.39 is 51.8 Å². The topological polar surface area (TPSA) is 149 Å². The lowest BCUT2D eigenvalue weighted by atomic mass is 10.0. The van der Waals surface area contributed by atoms with Crippen molar-refractivity contribution in [2.75, 3.05) is 26.4 Å². The lowest BCUT2D eigenvalue weighted by Crippen LogP contribution is -2.29. The van der Waals surface area contributed by atoms with Crippen LogP contribution < -0.4 is 0 Å². The van der Waals surface area contributed by atoms with Crippen molar-refractivity contribution in [2.45, 2.75) is 219 Å². The van der Waals surface area contributed by atoms with Crippen LogP contribution in [0.1, 0.15) is 206 Å². The molecule has 0 aromatic rings. The number of aliphatic hydroxyl groups is 2. The van der Waals surface area contributed by atoms with Gasteiger partial charge in [0.25, 0.3) is 0 Å². The Labute approximate surface area is 336 Å². The van der Waals surface area contributed by atoms with Crippen LogP contribution in [-0.4, -0.2) is 65.7 Å². The molecular weight excluding hydrogens is 719 g/mol. The molecule has 324 valence electrons. The molecule has 3 N–H and O–H groups in total. The molecular formula is C44H83O10P.